The average molecular weight is 314 g/mol. The van der Waals surface area contributed by atoms with Gasteiger partial charge in [0.1, 0.15) is 16.0 Å². The van der Waals surface area contributed by atoms with Gasteiger partial charge in [0, 0.05) is 6.04 Å². The van der Waals surface area contributed by atoms with Crippen molar-refractivity contribution in [3.8, 4) is 0 Å². The fraction of sp³-hybridized carbons (Fsp3) is 0.615. The molecule has 1 N–H and O–H groups in total. The molecule has 2 aliphatic heterocycles. The zero-order chi connectivity index (χ0) is 14.3. The molecule has 0 saturated carbocycles. The zero-order valence-corrected chi connectivity index (χ0v) is 12.9. The lowest BCUT2D eigenvalue weighted by atomic mass is 10.1. The van der Waals surface area contributed by atoms with Crippen molar-refractivity contribution in [1.82, 2.24) is 10.2 Å². The molecule has 20 heavy (non-hydrogen) atoms. The third-order valence-corrected chi connectivity index (χ3v) is 6.50. The van der Waals surface area contributed by atoms with Gasteiger partial charge in [-0.15, -0.1) is 0 Å². The number of hydrogen-bond acceptors (Lipinski definition) is 5. The monoisotopic (exact) mass is 314 g/mol. The maximum atomic E-state index is 12.4. The van der Waals surface area contributed by atoms with Crippen molar-refractivity contribution < 1.29 is 13.2 Å². The summed E-state index contributed by atoms with van der Waals surface area (Å²) in [5.74, 6) is 0.448. The lowest BCUT2D eigenvalue weighted by Crippen LogP contribution is -2.44. The van der Waals surface area contributed by atoms with Gasteiger partial charge in [0.2, 0.25) is 5.91 Å². The van der Waals surface area contributed by atoms with Gasteiger partial charge in [0.05, 0.1) is 17.5 Å². The van der Waals surface area contributed by atoms with Crippen molar-refractivity contribution in [3.63, 3.8) is 0 Å². The summed E-state index contributed by atoms with van der Waals surface area (Å²) in [6.45, 7) is 1.86. The highest BCUT2D eigenvalue weighted by molar-refractivity contribution is 7.91. The third-order valence-electron chi connectivity index (χ3n) is 4.09. The van der Waals surface area contributed by atoms with Crippen LogP contribution in [0.4, 0.5) is 0 Å². The van der Waals surface area contributed by atoms with Gasteiger partial charge in [-0.25, -0.2) is 8.42 Å². The molecule has 0 aliphatic carbocycles. The van der Waals surface area contributed by atoms with Crippen LogP contribution in [0.3, 0.4) is 0 Å². The first-order valence-corrected chi connectivity index (χ1v) is 9.55. The van der Waals surface area contributed by atoms with E-state index >= 15 is 0 Å². The van der Waals surface area contributed by atoms with Gasteiger partial charge in [0.25, 0.3) is 0 Å². The Morgan fingerprint density at radius 3 is 2.65 bits per heavy atom. The molecule has 2 unspecified atom stereocenters. The SMILES string of the molecule is CC1NC(c2ccsc2)N(C2CCS(=O)(=O)CC2)C1=O. The highest BCUT2D eigenvalue weighted by Crippen LogP contribution is 2.32. The minimum Gasteiger partial charge on any atom is -0.318 e. The van der Waals surface area contributed by atoms with Crippen LogP contribution in [0.25, 0.3) is 0 Å². The van der Waals surface area contributed by atoms with Crippen LogP contribution in [0.2, 0.25) is 0 Å². The predicted octanol–water partition coefficient (Wildman–Crippen LogP) is 1.14. The molecule has 1 amide bonds. The number of nitrogens with zero attached hydrogens (tertiary/aromatic N) is 1. The maximum absolute atomic E-state index is 12.4. The van der Waals surface area contributed by atoms with Gasteiger partial charge in [-0.1, -0.05) is 0 Å². The molecule has 0 bridgehead atoms. The van der Waals surface area contributed by atoms with Crippen LogP contribution < -0.4 is 5.32 Å². The number of thiophene rings is 1. The van der Waals surface area contributed by atoms with Gasteiger partial charge in [-0.3, -0.25) is 10.1 Å². The van der Waals surface area contributed by atoms with Gasteiger partial charge in [0.15, 0.2) is 0 Å². The fourth-order valence-electron chi connectivity index (χ4n) is 2.97. The molecule has 5 nitrogen and oxygen atoms in total. The first-order valence-electron chi connectivity index (χ1n) is 6.79. The lowest BCUT2D eigenvalue weighted by Gasteiger charge is -2.34. The number of carbonyl (C=O) groups excluding carboxylic acids is 1. The van der Waals surface area contributed by atoms with E-state index in [1.54, 1.807) is 11.3 Å². The molecule has 7 heteroatoms. The van der Waals surface area contributed by atoms with Crippen LogP contribution in [0.1, 0.15) is 31.5 Å². The second-order valence-corrected chi connectivity index (χ2v) is 8.56. The molecule has 110 valence electrons. The molecule has 2 saturated heterocycles. The molecule has 2 aliphatic rings. The van der Waals surface area contributed by atoms with Crippen molar-refractivity contribution >= 4 is 27.1 Å². The summed E-state index contributed by atoms with van der Waals surface area (Å²) < 4.78 is 23.1. The van der Waals surface area contributed by atoms with Crippen LogP contribution in [0.5, 0.6) is 0 Å². The second kappa shape index (κ2) is 5.13. The van der Waals surface area contributed by atoms with E-state index in [0.29, 0.717) is 12.8 Å². The number of hydrogen-bond donors (Lipinski definition) is 1. The summed E-state index contributed by atoms with van der Waals surface area (Å²) in [6, 6.07) is 1.83. The zero-order valence-electron chi connectivity index (χ0n) is 11.3. The van der Waals surface area contributed by atoms with E-state index in [2.05, 4.69) is 5.32 Å². The van der Waals surface area contributed by atoms with Crippen molar-refractivity contribution in [1.29, 1.82) is 0 Å². The highest BCUT2D eigenvalue weighted by atomic mass is 32.2. The smallest absolute Gasteiger partial charge is 0.241 e. The predicted molar refractivity (Wildman–Crippen MR) is 78.2 cm³/mol. The van der Waals surface area contributed by atoms with E-state index in [0.717, 1.165) is 5.56 Å². The minimum atomic E-state index is -2.90. The Bertz CT molecular complexity index is 583. The Hall–Kier alpha value is -0.920. The molecule has 3 rings (SSSR count). The first kappa shape index (κ1) is 14.0. The molecule has 3 heterocycles. The van der Waals surface area contributed by atoms with Crippen molar-refractivity contribution in [3.05, 3.63) is 22.4 Å². The number of rotatable bonds is 2. The Balaban J connectivity index is 1.84. The number of carbonyl (C=O) groups is 1. The van der Waals surface area contributed by atoms with Gasteiger partial charge < -0.3 is 4.90 Å². The quantitative estimate of drug-likeness (QED) is 0.889. The Morgan fingerprint density at radius 1 is 1.35 bits per heavy atom. The van der Waals surface area contributed by atoms with Crippen LogP contribution in [0.15, 0.2) is 16.8 Å². The van der Waals surface area contributed by atoms with Crippen molar-refractivity contribution in [2.24, 2.45) is 0 Å². The summed E-state index contributed by atoms with van der Waals surface area (Å²) in [5, 5.41) is 7.34. The van der Waals surface area contributed by atoms with Gasteiger partial charge >= 0.3 is 0 Å². The second-order valence-electron chi connectivity index (χ2n) is 5.48. The van der Waals surface area contributed by atoms with Gasteiger partial charge in [-0.2, -0.15) is 11.3 Å². The number of nitrogens with one attached hydrogen (secondary N) is 1. The summed E-state index contributed by atoms with van der Waals surface area (Å²) in [6.07, 6.45) is 0.973. The maximum Gasteiger partial charge on any atom is 0.241 e. The molecule has 0 aromatic carbocycles. The van der Waals surface area contributed by atoms with E-state index in [1.165, 1.54) is 0 Å². The van der Waals surface area contributed by atoms with E-state index in [9.17, 15) is 13.2 Å². The number of sulfone groups is 1. The van der Waals surface area contributed by atoms with Crippen LogP contribution in [-0.2, 0) is 14.6 Å². The molecule has 0 radical (unpaired) electrons. The van der Waals surface area contributed by atoms with Crippen LogP contribution in [-0.4, -0.2) is 42.8 Å². The largest absolute Gasteiger partial charge is 0.318 e. The lowest BCUT2D eigenvalue weighted by molar-refractivity contribution is -0.132. The molecular weight excluding hydrogens is 296 g/mol. The third kappa shape index (κ3) is 2.49. The van der Waals surface area contributed by atoms with E-state index in [1.807, 2.05) is 28.7 Å². The van der Waals surface area contributed by atoms with E-state index in [-0.39, 0.29) is 35.7 Å². The standard InChI is InChI=1S/C13H18N2O3S2/c1-9-13(16)15(11-3-6-20(17,18)7-4-11)12(14-9)10-2-5-19-8-10/h2,5,8-9,11-12,14H,3-4,6-7H2,1H3. The molecule has 0 spiro atoms. The minimum absolute atomic E-state index is 0.0216. The summed E-state index contributed by atoms with van der Waals surface area (Å²) in [4.78, 5) is 14.3. The molecule has 1 aromatic rings. The number of amides is 1. The average Bonchev–Trinajstić information content (AvgIpc) is 3.00. The van der Waals surface area contributed by atoms with Gasteiger partial charge in [-0.05, 0) is 42.2 Å². The summed E-state index contributed by atoms with van der Waals surface area (Å²) in [7, 11) is -2.90. The summed E-state index contributed by atoms with van der Waals surface area (Å²) >= 11 is 1.60. The summed E-state index contributed by atoms with van der Waals surface area (Å²) in [5.41, 5.74) is 1.08. The molecule has 2 fully saturated rings. The van der Waals surface area contributed by atoms with Crippen molar-refractivity contribution in [2.75, 3.05) is 11.5 Å². The van der Waals surface area contributed by atoms with E-state index < -0.39 is 9.84 Å². The Morgan fingerprint density at radius 2 is 2.05 bits per heavy atom. The molecule has 1 aromatic heterocycles. The fourth-order valence-corrected chi connectivity index (χ4v) is 5.12. The first-order chi connectivity index (χ1) is 9.48. The highest BCUT2D eigenvalue weighted by Gasteiger charge is 2.42. The van der Waals surface area contributed by atoms with Crippen LogP contribution >= 0.6 is 11.3 Å². The Labute approximate surface area is 122 Å². The van der Waals surface area contributed by atoms with Crippen molar-refractivity contribution in [2.45, 2.75) is 38.0 Å². The topological polar surface area (TPSA) is 66.5 Å². The molecular formula is C13H18N2O3S2. The molecule has 2 atom stereocenters. The van der Waals surface area contributed by atoms with Crippen LogP contribution in [0, 0.1) is 0 Å². The Kier molecular flexibility index (Phi) is 3.60. The normalized spacial score (nSPS) is 30.9. The van der Waals surface area contributed by atoms with E-state index in [4.69, 9.17) is 0 Å².